The molecule has 1 nitrogen and oxygen atoms in total. The van der Waals surface area contributed by atoms with Crippen molar-refractivity contribution in [3.63, 3.8) is 0 Å². The van der Waals surface area contributed by atoms with Gasteiger partial charge in [0, 0.05) is 0 Å². The molecule has 0 aliphatic carbocycles. The van der Waals surface area contributed by atoms with Crippen molar-refractivity contribution in [2.75, 3.05) is 0 Å². The van der Waals surface area contributed by atoms with Gasteiger partial charge in [0.2, 0.25) is 0 Å². The van der Waals surface area contributed by atoms with Gasteiger partial charge in [0.1, 0.15) is 0 Å². The first-order valence-electron chi connectivity index (χ1n) is 3.00. The first-order valence-corrected chi connectivity index (χ1v) is 3.00. The van der Waals surface area contributed by atoms with Gasteiger partial charge in [0.05, 0.1) is 0 Å². The summed E-state index contributed by atoms with van der Waals surface area (Å²) >= 11 is 0. The van der Waals surface area contributed by atoms with Gasteiger partial charge in [-0.2, -0.15) is 0 Å². The Balaban J connectivity index is -0.00000000321. The first kappa shape index (κ1) is 55.5. The van der Waals surface area contributed by atoms with Crippen LogP contribution in [0.1, 0.15) is 41.5 Å². The Hall–Kier alpha value is 0.544. The first-order chi connectivity index (χ1) is 3.00. The van der Waals surface area contributed by atoms with E-state index >= 15 is 0 Å². The van der Waals surface area contributed by atoms with E-state index < -0.39 is 0 Å². The third kappa shape index (κ3) is 1230. The summed E-state index contributed by atoms with van der Waals surface area (Å²) in [5.41, 5.74) is 0. The van der Waals surface area contributed by atoms with Crippen molar-refractivity contribution < 1.29 is 18.6 Å². The normalized spacial score (nSPS) is 2.00. The van der Waals surface area contributed by atoms with Crippen LogP contribution in [0.3, 0.4) is 0 Å². The van der Waals surface area contributed by atoms with E-state index in [1.54, 1.807) is 0 Å². The largest absolute Gasteiger partial charge is 2.00 e. The Morgan fingerprint density at radius 3 is 0.556 bits per heavy atom. The van der Waals surface area contributed by atoms with Crippen LogP contribution in [-0.2, 0) is 18.6 Å². The van der Waals surface area contributed by atoms with E-state index in [-0.39, 0.29) is 32.1 Å². The average Bonchev–Trinajstić information content (AvgIpc) is 1.81. The standard InChI is InChI=1S/3C2H6.CH3.H2N.V/c3*1-2;;;/h3*1-2H3;1H3;1H2;/q;;;2*-1;+2. The van der Waals surface area contributed by atoms with Crippen LogP contribution < -0.4 is 0 Å². The van der Waals surface area contributed by atoms with Crippen molar-refractivity contribution in [3.05, 3.63) is 13.6 Å². The third-order valence-electron chi connectivity index (χ3n) is 0. The second kappa shape index (κ2) is 1640. The van der Waals surface area contributed by atoms with Crippen molar-refractivity contribution in [2.45, 2.75) is 41.5 Å². The molecule has 0 unspecified atom stereocenters. The summed E-state index contributed by atoms with van der Waals surface area (Å²) in [4.78, 5) is 0. The Morgan fingerprint density at radius 1 is 0.556 bits per heavy atom. The van der Waals surface area contributed by atoms with Crippen molar-refractivity contribution >= 4 is 0 Å². The van der Waals surface area contributed by atoms with Gasteiger partial charge in [-0.05, 0) is 0 Å². The zero-order chi connectivity index (χ0) is 6.00. The summed E-state index contributed by atoms with van der Waals surface area (Å²) < 4.78 is 0. The molecule has 0 aromatic heterocycles. The number of hydrogen-bond donors (Lipinski definition) is 0. The van der Waals surface area contributed by atoms with Gasteiger partial charge in [-0.1, -0.05) is 41.5 Å². The van der Waals surface area contributed by atoms with Gasteiger partial charge in [0.15, 0.2) is 0 Å². The van der Waals surface area contributed by atoms with E-state index in [4.69, 9.17) is 0 Å². The van der Waals surface area contributed by atoms with Crippen LogP contribution in [0.25, 0.3) is 6.15 Å². The van der Waals surface area contributed by atoms with Crippen molar-refractivity contribution in [2.24, 2.45) is 0 Å². The molecule has 2 heteroatoms. The van der Waals surface area contributed by atoms with Crippen LogP contribution in [0.2, 0.25) is 0 Å². The van der Waals surface area contributed by atoms with Gasteiger partial charge in [-0.25, -0.2) is 0 Å². The summed E-state index contributed by atoms with van der Waals surface area (Å²) in [5, 5.41) is 0. The van der Waals surface area contributed by atoms with Crippen LogP contribution in [0.5, 0.6) is 0 Å². The molecule has 0 fully saturated rings. The summed E-state index contributed by atoms with van der Waals surface area (Å²) in [6.07, 6.45) is 0. The SMILES string of the molecule is CC.CC.CC.[CH3-].[NH2-].[V+2]. The zero-order valence-corrected chi connectivity index (χ0v) is 9.42. The molecule has 0 saturated carbocycles. The monoisotopic (exact) mass is 172 g/mol. The van der Waals surface area contributed by atoms with E-state index in [1.807, 2.05) is 41.5 Å². The van der Waals surface area contributed by atoms with Crippen molar-refractivity contribution in [1.82, 2.24) is 0 Å². The summed E-state index contributed by atoms with van der Waals surface area (Å²) in [5.74, 6) is 0. The molecule has 61 valence electrons. The maximum atomic E-state index is 2.00. The van der Waals surface area contributed by atoms with Crippen LogP contribution in [-0.4, -0.2) is 0 Å². The topological polar surface area (TPSA) is 33.5 Å². The second-order valence-corrected chi connectivity index (χ2v) is 0. The molecular weight excluding hydrogens is 149 g/mol. The van der Waals surface area contributed by atoms with Crippen molar-refractivity contribution in [3.8, 4) is 0 Å². The average molecular weight is 172 g/mol. The molecule has 2 N–H and O–H groups in total. The second-order valence-electron chi connectivity index (χ2n) is 0. The number of rotatable bonds is 0. The fourth-order valence-electron chi connectivity index (χ4n) is 0. The molecule has 0 spiro atoms. The van der Waals surface area contributed by atoms with Gasteiger partial charge < -0.3 is 13.6 Å². The van der Waals surface area contributed by atoms with Crippen LogP contribution >= 0.6 is 0 Å². The molecule has 0 heterocycles. The predicted molar refractivity (Wildman–Crippen MR) is 45.7 cm³/mol. The Kier molecular flexibility index (Phi) is 10100. The predicted octanol–water partition coefficient (Wildman–Crippen LogP) is 4.24. The quantitative estimate of drug-likeness (QED) is 0.489. The minimum absolute atomic E-state index is 0. The molecular formula is C7H23NV. The molecule has 0 aromatic rings. The van der Waals surface area contributed by atoms with E-state index in [2.05, 4.69) is 0 Å². The molecule has 9 heavy (non-hydrogen) atoms. The summed E-state index contributed by atoms with van der Waals surface area (Å²) in [6, 6.07) is 0. The minimum Gasteiger partial charge on any atom is -0.693 e. The molecule has 1 radical (unpaired) electrons. The van der Waals surface area contributed by atoms with Gasteiger partial charge >= 0.3 is 18.6 Å². The number of hydrogen-bond acceptors (Lipinski definition) is 0. The van der Waals surface area contributed by atoms with E-state index in [9.17, 15) is 0 Å². The molecule has 0 saturated heterocycles. The molecule has 0 aliphatic heterocycles. The van der Waals surface area contributed by atoms with Crippen LogP contribution in [0, 0.1) is 7.43 Å². The minimum atomic E-state index is 0. The molecule has 0 atom stereocenters. The zero-order valence-electron chi connectivity index (χ0n) is 8.02. The molecule has 0 bridgehead atoms. The van der Waals surface area contributed by atoms with Gasteiger partial charge in [-0.15, -0.1) is 0 Å². The third-order valence-corrected chi connectivity index (χ3v) is 0. The van der Waals surface area contributed by atoms with Gasteiger partial charge in [-0.3, -0.25) is 0 Å². The smallest absolute Gasteiger partial charge is 0.693 e. The van der Waals surface area contributed by atoms with E-state index in [0.717, 1.165) is 0 Å². The maximum absolute atomic E-state index is 2.00. The Bertz CT molecular complexity index is 8.88. The van der Waals surface area contributed by atoms with Gasteiger partial charge in [0.25, 0.3) is 0 Å². The fourth-order valence-corrected chi connectivity index (χ4v) is 0. The summed E-state index contributed by atoms with van der Waals surface area (Å²) in [7, 11) is 0. The fraction of sp³-hybridized carbons (Fsp3) is 0.857. The Labute approximate surface area is 74.1 Å². The van der Waals surface area contributed by atoms with Crippen LogP contribution in [0.4, 0.5) is 0 Å². The summed E-state index contributed by atoms with van der Waals surface area (Å²) in [6.45, 7) is 12.0. The molecule has 0 aromatic carbocycles. The van der Waals surface area contributed by atoms with Crippen LogP contribution in [0.15, 0.2) is 0 Å². The number of nitrogens with two attached hydrogens (primary N) is 1. The van der Waals surface area contributed by atoms with E-state index in [0.29, 0.717) is 0 Å². The maximum Gasteiger partial charge on any atom is 2.00 e. The molecule has 0 amide bonds. The van der Waals surface area contributed by atoms with E-state index in [1.165, 1.54) is 0 Å². The Morgan fingerprint density at radius 2 is 0.556 bits per heavy atom. The molecule has 0 rings (SSSR count). The molecule has 0 aliphatic rings. The van der Waals surface area contributed by atoms with Crippen molar-refractivity contribution in [1.29, 1.82) is 0 Å².